The van der Waals surface area contributed by atoms with Crippen molar-refractivity contribution in [3.8, 4) is 11.3 Å². The van der Waals surface area contributed by atoms with Crippen LogP contribution < -0.4 is 10.6 Å². The molecule has 3 N–H and O–H groups in total. The number of anilines is 2. The second-order valence-corrected chi connectivity index (χ2v) is 9.72. The van der Waals surface area contributed by atoms with E-state index < -0.39 is 27.0 Å². The molecule has 1 unspecified atom stereocenters. The van der Waals surface area contributed by atoms with Gasteiger partial charge in [-0.25, -0.2) is 10.3 Å². The van der Waals surface area contributed by atoms with E-state index in [0.29, 0.717) is 22.7 Å². The topological polar surface area (TPSA) is 152 Å². The van der Waals surface area contributed by atoms with Crippen molar-refractivity contribution >= 4 is 43.2 Å². The molecule has 4 aromatic rings. The molecule has 11 nitrogen and oxygen atoms in total. The Hall–Kier alpha value is -3.39. The lowest BCUT2D eigenvalue weighted by Crippen LogP contribution is -2.31. The molecule has 13 heteroatoms. The van der Waals surface area contributed by atoms with E-state index in [1.807, 2.05) is 36.4 Å². The number of benzene rings is 2. The Kier molecular flexibility index (Phi) is 6.88. The molecule has 4 rings (SSSR count). The molecule has 2 aromatic carbocycles. The monoisotopic (exact) mass is 546 g/mol. The number of rotatable bonds is 9. The average molecular weight is 547 g/mol. The maximum absolute atomic E-state index is 11.4. The summed E-state index contributed by atoms with van der Waals surface area (Å²) >= 11 is 3.47. The third-order valence-corrected chi connectivity index (χ3v) is 6.19. The summed E-state index contributed by atoms with van der Waals surface area (Å²) in [6.07, 6.45) is 0.320. The van der Waals surface area contributed by atoms with Crippen LogP contribution in [0.3, 0.4) is 0 Å². The molecule has 0 amide bonds. The highest BCUT2D eigenvalue weighted by Gasteiger charge is 2.22. The fraction of sp³-hybridized carbons (Fsp3) is 0.143. The number of hydrogen-bond acceptors (Lipinski definition) is 8. The Balaban J connectivity index is 1.59. The highest BCUT2D eigenvalue weighted by atomic mass is 79.9. The normalized spacial score (nSPS) is 12.5. The molecule has 0 aliphatic rings. The Morgan fingerprint density at radius 2 is 1.85 bits per heavy atom. The van der Waals surface area contributed by atoms with Crippen molar-refractivity contribution in [3.63, 3.8) is 0 Å². The maximum Gasteiger partial charge on any atom is 0.291 e. The smallest absolute Gasteiger partial charge is 0.291 e. The van der Waals surface area contributed by atoms with Crippen molar-refractivity contribution in [3.05, 3.63) is 87.0 Å². The summed E-state index contributed by atoms with van der Waals surface area (Å²) in [4.78, 5) is 15.6. The molecule has 0 bridgehead atoms. The fourth-order valence-electron chi connectivity index (χ4n) is 3.32. The van der Waals surface area contributed by atoms with Gasteiger partial charge in [-0.2, -0.15) is 18.0 Å². The zero-order chi connectivity index (χ0) is 24.3. The maximum atomic E-state index is 11.4. The zero-order valence-corrected chi connectivity index (χ0v) is 19.9. The van der Waals surface area contributed by atoms with Gasteiger partial charge in [0.05, 0.1) is 22.1 Å². The molecule has 176 valence electrons. The predicted molar refractivity (Wildman–Crippen MR) is 130 cm³/mol. The van der Waals surface area contributed by atoms with Crippen molar-refractivity contribution in [2.24, 2.45) is 0 Å². The first-order chi connectivity index (χ1) is 16.2. The number of halogens is 1. The Morgan fingerprint density at radius 1 is 1.15 bits per heavy atom. The lowest BCUT2D eigenvalue weighted by molar-refractivity contribution is -0.536. The molecule has 0 saturated heterocycles. The van der Waals surface area contributed by atoms with Gasteiger partial charge in [-0.15, -0.1) is 0 Å². The minimum Gasteiger partial charge on any atom is -0.340 e. The first-order valence-corrected chi connectivity index (χ1v) is 12.4. The van der Waals surface area contributed by atoms with E-state index >= 15 is 0 Å². The van der Waals surface area contributed by atoms with Gasteiger partial charge in [-0.1, -0.05) is 30.3 Å². The Bertz CT molecular complexity index is 1430. The highest BCUT2D eigenvalue weighted by Crippen LogP contribution is 2.28. The molecule has 2 aromatic heterocycles. The Morgan fingerprint density at radius 3 is 2.50 bits per heavy atom. The average Bonchev–Trinajstić information content (AvgIpc) is 3.18. The molecular weight excluding hydrogens is 528 g/mol. The lowest BCUT2D eigenvalue weighted by Gasteiger charge is -2.13. The lowest BCUT2D eigenvalue weighted by atomic mass is 10.1. The van der Waals surface area contributed by atoms with Crippen LogP contribution in [0.2, 0.25) is 0 Å². The van der Waals surface area contributed by atoms with E-state index in [0.717, 1.165) is 15.7 Å². The number of nitro groups is 1. The standard InChI is InChI=1S/C21H19BrN6O5S/c22-17-13-24-27-19(12-18(26-21(17)27)14-4-2-1-3-5-14)25-16-8-6-15(7-9-16)20(28(29)30)23-10-11-34(31,32)33/h1-9,12-13,20,23,25H,10-11H2,(H,31,32,33). The van der Waals surface area contributed by atoms with Gasteiger partial charge >= 0.3 is 0 Å². The van der Waals surface area contributed by atoms with E-state index in [9.17, 15) is 18.5 Å². The molecule has 1 atom stereocenters. The summed E-state index contributed by atoms with van der Waals surface area (Å²) in [6.45, 7) is -0.268. The van der Waals surface area contributed by atoms with E-state index in [4.69, 9.17) is 4.55 Å². The molecule has 0 aliphatic carbocycles. The summed E-state index contributed by atoms with van der Waals surface area (Å²) < 4.78 is 32.9. The van der Waals surface area contributed by atoms with E-state index in [-0.39, 0.29) is 6.54 Å². The number of hydrogen-bond donors (Lipinski definition) is 3. The second kappa shape index (κ2) is 9.85. The van der Waals surface area contributed by atoms with Crippen LogP contribution in [-0.2, 0) is 10.1 Å². The van der Waals surface area contributed by atoms with Gasteiger partial charge in [-0.05, 0) is 40.2 Å². The number of nitrogens with one attached hydrogen (secondary N) is 2. The summed E-state index contributed by atoms with van der Waals surface area (Å²) in [5, 5.41) is 21.6. The van der Waals surface area contributed by atoms with Gasteiger partial charge in [0.25, 0.3) is 16.3 Å². The van der Waals surface area contributed by atoms with Crippen LogP contribution in [0.25, 0.3) is 16.9 Å². The SMILES string of the molecule is O=[N+]([O-])C(NCCS(=O)(=O)O)c1ccc(Nc2cc(-c3ccccc3)nc3c(Br)cnn23)cc1. The van der Waals surface area contributed by atoms with E-state index in [2.05, 4.69) is 36.6 Å². The molecule has 2 heterocycles. The van der Waals surface area contributed by atoms with Gasteiger partial charge < -0.3 is 5.32 Å². The molecule has 34 heavy (non-hydrogen) atoms. The third-order valence-electron chi connectivity index (χ3n) is 4.91. The zero-order valence-electron chi connectivity index (χ0n) is 17.5. The number of fused-ring (bicyclic) bond motifs is 1. The first-order valence-electron chi connectivity index (χ1n) is 10.00. The van der Waals surface area contributed by atoms with Crippen LogP contribution in [0.4, 0.5) is 11.5 Å². The molecular formula is C21H19BrN6O5S. The van der Waals surface area contributed by atoms with Crippen LogP contribution in [0.1, 0.15) is 11.7 Å². The molecule has 0 aliphatic heterocycles. The number of nitrogens with zero attached hydrogens (tertiary/aromatic N) is 4. The van der Waals surface area contributed by atoms with Crippen LogP contribution >= 0.6 is 15.9 Å². The summed E-state index contributed by atoms with van der Waals surface area (Å²) in [5.41, 5.74) is 3.28. The minimum atomic E-state index is -4.22. The van der Waals surface area contributed by atoms with Gasteiger partial charge in [0.2, 0.25) is 0 Å². The molecule has 0 radical (unpaired) electrons. The molecule has 0 saturated carbocycles. The number of aromatic nitrogens is 3. The summed E-state index contributed by atoms with van der Waals surface area (Å²) in [6, 6.07) is 18.0. The van der Waals surface area contributed by atoms with Gasteiger partial charge in [0.1, 0.15) is 5.82 Å². The van der Waals surface area contributed by atoms with E-state index in [1.54, 1.807) is 35.0 Å². The highest BCUT2D eigenvalue weighted by molar-refractivity contribution is 9.10. The third kappa shape index (κ3) is 5.56. The predicted octanol–water partition coefficient (Wildman–Crippen LogP) is 3.66. The summed E-state index contributed by atoms with van der Waals surface area (Å²) in [7, 11) is -4.22. The van der Waals surface area contributed by atoms with Crippen LogP contribution in [0.15, 0.2) is 71.3 Å². The van der Waals surface area contributed by atoms with Gasteiger partial charge in [0.15, 0.2) is 5.65 Å². The first kappa shape index (κ1) is 23.8. The van der Waals surface area contributed by atoms with E-state index in [1.165, 1.54) is 0 Å². The van der Waals surface area contributed by atoms with Gasteiger partial charge in [-0.3, -0.25) is 14.7 Å². The van der Waals surface area contributed by atoms with Crippen LogP contribution in [-0.4, -0.2) is 44.8 Å². The van der Waals surface area contributed by atoms with Crippen molar-refractivity contribution < 1.29 is 17.9 Å². The fourth-order valence-corrected chi connectivity index (χ4v) is 4.04. The second-order valence-electron chi connectivity index (χ2n) is 7.30. The largest absolute Gasteiger partial charge is 0.340 e. The van der Waals surface area contributed by atoms with Gasteiger partial charge in [0, 0.05) is 34.3 Å². The van der Waals surface area contributed by atoms with Crippen molar-refractivity contribution in [1.29, 1.82) is 0 Å². The summed E-state index contributed by atoms with van der Waals surface area (Å²) in [5.74, 6) is 0.0116. The molecule has 0 spiro atoms. The van der Waals surface area contributed by atoms with Crippen molar-refractivity contribution in [2.75, 3.05) is 17.6 Å². The van der Waals surface area contributed by atoms with Crippen LogP contribution in [0, 0.1) is 10.1 Å². The van der Waals surface area contributed by atoms with Crippen LogP contribution in [0.5, 0.6) is 0 Å². The van der Waals surface area contributed by atoms with Crippen molar-refractivity contribution in [1.82, 2.24) is 19.9 Å². The Labute approximate surface area is 202 Å². The molecule has 0 fully saturated rings. The quantitative estimate of drug-likeness (QED) is 0.123. The minimum absolute atomic E-state index is 0.268. The van der Waals surface area contributed by atoms with Crippen molar-refractivity contribution in [2.45, 2.75) is 6.17 Å².